The molecule has 1 aliphatic heterocycles. The van der Waals surface area contributed by atoms with Gasteiger partial charge in [-0.05, 0) is 81.6 Å². The molecule has 1 fully saturated rings. The van der Waals surface area contributed by atoms with Gasteiger partial charge in [-0.3, -0.25) is 14.5 Å². The lowest BCUT2D eigenvalue weighted by atomic mass is 10.1. The summed E-state index contributed by atoms with van der Waals surface area (Å²) in [5.74, 6) is 1.45. The molecule has 1 heterocycles. The van der Waals surface area contributed by atoms with Crippen molar-refractivity contribution in [3.63, 3.8) is 0 Å². The average molecular weight is 554 g/mol. The number of imide groups is 1. The fourth-order valence-electron chi connectivity index (χ4n) is 3.50. The van der Waals surface area contributed by atoms with Crippen LogP contribution in [0, 0.1) is 6.92 Å². The van der Waals surface area contributed by atoms with Crippen LogP contribution in [0.5, 0.6) is 17.2 Å². The maximum Gasteiger partial charge on any atom is 0.293 e. The Morgan fingerprint density at radius 2 is 1.80 bits per heavy atom. The van der Waals surface area contributed by atoms with E-state index in [0.717, 1.165) is 22.9 Å². The second-order valence-corrected chi connectivity index (χ2v) is 9.65. The summed E-state index contributed by atoms with van der Waals surface area (Å²) in [6.07, 6.45) is 1.68. The number of benzene rings is 3. The fraction of sp³-hybridized carbons (Fsp3) is 0.185. The van der Waals surface area contributed by atoms with E-state index in [4.69, 9.17) is 14.2 Å². The predicted octanol–water partition coefficient (Wildman–Crippen LogP) is 6.46. The van der Waals surface area contributed by atoms with Crippen molar-refractivity contribution < 1.29 is 23.8 Å². The zero-order valence-electron chi connectivity index (χ0n) is 19.3. The number of halogens is 1. The van der Waals surface area contributed by atoms with Gasteiger partial charge in [0.1, 0.15) is 19.0 Å². The van der Waals surface area contributed by atoms with E-state index in [1.54, 1.807) is 19.3 Å². The number of nitrogens with zero attached hydrogens (tertiary/aromatic N) is 1. The standard InChI is InChI=1S/C27H24BrNO5S/c1-18-7-6-10-21(13-18)33-12-11-29-26(30)24(35-27(29)31)16-20-14-22(28)25(23(15-20)32-2)34-17-19-8-4-3-5-9-19/h3-10,13-16H,11-12,17H2,1-2H3/b24-16-. The van der Waals surface area contributed by atoms with Crippen LogP contribution < -0.4 is 14.2 Å². The average Bonchev–Trinajstić information content (AvgIpc) is 3.11. The molecule has 3 aromatic carbocycles. The Morgan fingerprint density at radius 3 is 2.54 bits per heavy atom. The van der Waals surface area contributed by atoms with Gasteiger partial charge < -0.3 is 14.2 Å². The maximum atomic E-state index is 12.9. The van der Waals surface area contributed by atoms with Crippen LogP contribution in [0.15, 0.2) is 76.1 Å². The summed E-state index contributed by atoms with van der Waals surface area (Å²) in [7, 11) is 1.56. The van der Waals surface area contributed by atoms with Crippen LogP contribution in [0.25, 0.3) is 6.08 Å². The monoisotopic (exact) mass is 553 g/mol. The molecule has 0 aromatic heterocycles. The van der Waals surface area contributed by atoms with E-state index in [1.165, 1.54) is 4.90 Å². The van der Waals surface area contributed by atoms with Gasteiger partial charge in [0.2, 0.25) is 0 Å². The molecule has 6 nitrogen and oxygen atoms in total. The molecule has 0 N–H and O–H groups in total. The first-order chi connectivity index (χ1) is 16.9. The first-order valence-electron chi connectivity index (χ1n) is 10.9. The second-order valence-electron chi connectivity index (χ2n) is 7.81. The highest BCUT2D eigenvalue weighted by Crippen LogP contribution is 2.39. The SMILES string of the molecule is COc1cc(/C=C2\SC(=O)N(CCOc3cccc(C)c3)C2=O)cc(Br)c1OCc1ccccc1. The van der Waals surface area contributed by atoms with Crippen molar-refractivity contribution in [2.45, 2.75) is 13.5 Å². The van der Waals surface area contributed by atoms with Crippen molar-refractivity contribution in [3.8, 4) is 17.2 Å². The summed E-state index contributed by atoms with van der Waals surface area (Å²) >= 11 is 4.45. The van der Waals surface area contributed by atoms with Crippen molar-refractivity contribution in [1.29, 1.82) is 0 Å². The molecule has 1 saturated heterocycles. The van der Waals surface area contributed by atoms with Crippen molar-refractivity contribution in [1.82, 2.24) is 4.90 Å². The van der Waals surface area contributed by atoms with Crippen molar-refractivity contribution >= 4 is 44.9 Å². The third-order valence-electron chi connectivity index (χ3n) is 5.22. The highest BCUT2D eigenvalue weighted by atomic mass is 79.9. The third kappa shape index (κ3) is 6.26. The van der Waals surface area contributed by atoms with Crippen molar-refractivity contribution in [2.24, 2.45) is 0 Å². The number of rotatable bonds is 9. The fourth-order valence-corrected chi connectivity index (χ4v) is 4.94. The number of carbonyl (C=O) groups is 2. The molecule has 3 aromatic rings. The van der Waals surface area contributed by atoms with E-state index < -0.39 is 0 Å². The minimum Gasteiger partial charge on any atom is -0.493 e. The van der Waals surface area contributed by atoms with E-state index in [-0.39, 0.29) is 24.3 Å². The van der Waals surface area contributed by atoms with Gasteiger partial charge in [0.25, 0.3) is 11.1 Å². The van der Waals surface area contributed by atoms with E-state index in [0.29, 0.717) is 38.8 Å². The van der Waals surface area contributed by atoms with Gasteiger partial charge in [-0.25, -0.2) is 0 Å². The zero-order chi connectivity index (χ0) is 24.8. The van der Waals surface area contributed by atoms with Gasteiger partial charge in [-0.1, -0.05) is 42.5 Å². The van der Waals surface area contributed by atoms with Crippen LogP contribution in [0.3, 0.4) is 0 Å². The molecule has 35 heavy (non-hydrogen) atoms. The van der Waals surface area contributed by atoms with Gasteiger partial charge in [0.15, 0.2) is 11.5 Å². The summed E-state index contributed by atoms with van der Waals surface area (Å²) in [4.78, 5) is 26.9. The molecule has 0 unspecified atom stereocenters. The maximum absolute atomic E-state index is 12.9. The molecule has 4 rings (SSSR count). The minimum absolute atomic E-state index is 0.176. The van der Waals surface area contributed by atoms with Crippen LogP contribution in [0.1, 0.15) is 16.7 Å². The van der Waals surface area contributed by atoms with Crippen LogP contribution in [-0.4, -0.2) is 36.3 Å². The Morgan fingerprint density at radius 1 is 1.00 bits per heavy atom. The zero-order valence-corrected chi connectivity index (χ0v) is 21.7. The number of thioether (sulfide) groups is 1. The van der Waals surface area contributed by atoms with Gasteiger partial charge in [0.05, 0.1) is 23.0 Å². The lowest BCUT2D eigenvalue weighted by molar-refractivity contribution is -0.123. The van der Waals surface area contributed by atoms with E-state index in [9.17, 15) is 9.59 Å². The quantitative estimate of drug-likeness (QED) is 0.283. The Hall–Kier alpha value is -3.23. The molecule has 0 bridgehead atoms. The summed E-state index contributed by atoms with van der Waals surface area (Å²) < 4.78 is 17.9. The Balaban J connectivity index is 1.44. The molecule has 0 radical (unpaired) electrons. The molecule has 0 spiro atoms. The molecule has 8 heteroatoms. The number of hydrogen-bond donors (Lipinski definition) is 0. The number of aryl methyl sites for hydroxylation is 1. The summed E-state index contributed by atoms with van der Waals surface area (Å²) in [5, 5.41) is -0.317. The molecule has 0 saturated carbocycles. The molecule has 2 amide bonds. The highest BCUT2D eigenvalue weighted by molar-refractivity contribution is 9.10. The van der Waals surface area contributed by atoms with Crippen LogP contribution >= 0.6 is 27.7 Å². The van der Waals surface area contributed by atoms with Gasteiger partial charge in [0, 0.05) is 0 Å². The van der Waals surface area contributed by atoms with Crippen LogP contribution in [0.4, 0.5) is 4.79 Å². The first-order valence-corrected chi connectivity index (χ1v) is 12.5. The van der Waals surface area contributed by atoms with Crippen LogP contribution in [0.2, 0.25) is 0 Å². The number of methoxy groups -OCH3 is 1. The topological polar surface area (TPSA) is 65.1 Å². The van der Waals surface area contributed by atoms with E-state index >= 15 is 0 Å². The molecule has 0 atom stereocenters. The lowest BCUT2D eigenvalue weighted by Gasteiger charge is -2.14. The number of amides is 2. The Kier molecular flexibility index (Phi) is 8.15. The second kappa shape index (κ2) is 11.5. The van der Waals surface area contributed by atoms with Gasteiger partial charge in [-0.2, -0.15) is 0 Å². The molecule has 0 aliphatic carbocycles. The highest BCUT2D eigenvalue weighted by Gasteiger charge is 2.35. The van der Waals surface area contributed by atoms with Crippen LogP contribution in [-0.2, 0) is 11.4 Å². The Labute approximate surface area is 217 Å². The summed E-state index contributed by atoms with van der Waals surface area (Å²) in [5.41, 5.74) is 2.82. The number of carbonyl (C=O) groups excluding carboxylic acids is 2. The molecular formula is C27H24BrNO5S. The minimum atomic E-state index is -0.340. The van der Waals surface area contributed by atoms with Gasteiger partial charge >= 0.3 is 0 Å². The lowest BCUT2D eigenvalue weighted by Crippen LogP contribution is -2.32. The largest absolute Gasteiger partial charge is 0.493 e. The predicted molar refractivity (Wildman–Crippen MR) is 141 cm³/mol. The summed E-state index contributed by atoms with van der Waals surface area (Å²) in [6.45, 7) is 2.76. The van der Waals surface area contributed by atoms with Gasteiger partial charge in [-0.15, -0.1) is 0 Å². The van der Waals surface area contributed by atoms with Crippen molar-refractivity contribution in [2.75, 3.05) is 20.3 Å². The molecule has 180 valence electrons. The number of hydrogen-bond acceptors (Lipinski definition) is 6. The van der Waals surface area contributed by atoms with E-state index in [1.807, 2.05) is 67.6 Å². The third-order valence-corrected chi connectivity index (χ3v) is 6.72. The van der Waals surface area contributed by atoms with E-state index in [2.05, 4.69) is 15.9 Å². The normalized spacial score (nSPS) is 14.5. The summed E-state index contributed by atoms with van der Waals surface area (Å²) in [6, 6.07) is 21.1. The Bertz CT molecular complexity index is 1260. The first kappa shape index (κ1) is 24.9. The molecular weight excluding hydrogens is 530 g/mol. The number of ether oxygens (including phenoxy) is 3. The smallest absolute Gasteiger partial charge is 0.293 e. The van der Waals surface area contributed by atoms with Crippen molar-refractivity contribution in [3.05, 3.63) is 92.8 Å². The molecule has 1 aliphatic rings.